The van der Waals surface area contributed by atoms with E-state index in [0.29, 0.717) is 5.39 Å². The summed E-state index contributed by atoms with van der Waals surface area (Å²) in [5.74, 6) is -3.12. The van der Waals surface area contributed by atoms with Crippen LogP contribution in [0.25, 0.3) is 10.8 Å². The number of ether oxygens (including phenoxy) is 1. The lowest BCUT2D eigenvalue weighted by Gasteiger charge is -2.09. The van der Waals surface area contributed by atoms with Crippen molar-refractivity contribution in [2.45, 2.75) is 13.8 Å². The second-order valence-electron chi connectivity index (χ2n) is 3.73. The summed E-state index contributed by atoms with van der Waals surface area (Å²) >= 11 is 0. The van der Waals surface area contributed by atoms with Gasteiger partial charge in [-0.3, -0.25) is 0 Å². The van der Waals surface area contributed by atoms with Crippen molar-refractivity contribution in [2.24, 2.45) is 0 Å². The van der Waals surface area contributed by atoms with Crippen LogP contribution >= 0.6 is 0 Å². The molecule has 0 aliphatic heterocycles. The Bertz CT molecular complexity index is 579. The maximum absolute atomic E-state index is 13.9. The van der Waals surface area contributed by atoms with Crippen molar-refractivity contribution in [3.05, 3.63) is 41.2 Å². The Morgan fingerprint density at radius 1 is 1.06 bits per heavy atom. The minimum atomic E-state index is -1.17. The molecule has 0 bridgehead atoms. The van der Waals surface area contributed by atoms with Crippen LogP contribution in [0.2, 0.25) is 0 Å². The number of aryl methyl sites for hydroxylation is 1. The van der Waals surface area contributed by atoms with Crippen molar-refractivity contribution in [1.82, 2.24) is 0 Å². The van der Waals surface area contributed by atoms with Crippen LogP contribution in [0.1, 0.15) is 12.5 Å². The molecule has 2 aromatic rings. The van der Waals surface area contributed by atoms with Crippen molar-refractivity contribution in [3.8, 4) is 5.75 Å². The molecule has 0 saturated carbocycles. The van der Waals surface area contributed by atoms with E-state index in [-0.39, 0.29) is 23.3 Å². The van der Waals surface area contributed by atoms with Gasteiger partial charge < -0.3 is 4.74 Å². The molecule has 0 amide bonds. The third-order valence-electron chi connectivity index (χ3n) is 2.57. The Hall–Kier alpha value is -1.71. The molecule has 1 nitrogen and oxygen atoms in total. The Morgan fingerprint density at radius 2 is 1.76 bits per heavy atom. The SMILES string of the molecule is CCOc1ccc2cc(C)c(F)c(F)c2c1F. The Kier molecular flexibility index (Phi) is 2.96. The first-order valence-corrected chi connectivity index (χ1v) is 5.25. The minimum Gasteiger partial charge on any atom is -0.491 e. The number of halogens is 3. The highest BCUT2D eigenvalue weighted by Gasteiger charge is 2.17. The van der Waals surface area contributed by atoms with E-state index in [4.69, 9.17) is 4.74 Å². The van der Waals surface area contributed by atoms with Gasteiger partial charge in [0.1, 0.15) is 0 Å². The van der Waals surface area contributed by atoms with E-state index in [1.807, 2.05) is 0 Å². The van der Waals surface area contributed by atoms with Gasteiger partial charge >= 0.3 is 0 Å². The smallest absolute Gasteiger partial charge is 0.175 e. The van der Waals surface area contributed by atoms with E-state index < -0.39 is 17.5 Å². The van der Waals surface area contributed by atoms with E-state index in [1.165, 1.54) is 25.1 Å². The summed E-state index contributed by atoms with van der Waals surface area (Å²) in [6, 6.07) is 4.34. The van der Waals surface area contributed by atoms with Gasteiger partial charge in [-0.25, -0.2) is 13.2 Å². The quantitative estimate of drug-likeness (QED) is 0.771. The molecule has 0 spiro atoms. The van der Waals surface area contributed by atoms with Crippen LogP contribution in [0.15, 0.2) is 18.2 Å². The summed E-state index contributed by atoms with van der Waals surface area (Å²) in [4.78, 5) is 0. The molecule has 4 heteroatoms. The summed E-state index contributed by atoms with van der Waals surface area (Å²) < 4.78 is 45.9. The second kappa shape index (κ2) is 4.28. The molecule has 0 fully saturated rings. The average molecular weight is 240 g/mol. The molecular formula is C13H11F3O. The van der Waals surface area contributed by atoms with Crippen LogP contribution < -0.4 is 4.74 Å². The molecule has 0 unspecified atom stereocenters. The zero-order chi connectivity index (χ0) is 12.6. The summed E-state index contributed by atoms with van der Waals surface area (Å²) in [5.41, 5.74) is 0.151. The summed E-state index contributed by atoms with van der Waals surface area (Å²) in [6.07, 6.45) is 0. The van der Waals surface area contributed by atoms with Crippen molar-refractivity contribution >= 4 is 10.8 Å². The average Bonchev–Trinajstić information content (AvgIpc) is 2.30. The standard InChI is InChI=1S/C13H11F3O/c1-3-17-9-5-4-8-6-7(2)11(14)13(16)10(8)12(9)15/h4-6H,3H2,1-2H3. The van der Waals surface area contributed by atoms with E-state index in [1.54, 1.807) is 6.92 Å². The highest BCUT2D eigenvalue weighted by molar-refractivity contribution is 5.86. The van der Waals surface area contributed by atoms with Crippen molar-refractivity contribution in [3.63, 3.8) is 0 Å². The zero-order valence-corrected chi connectivity index (χ0v) is 9.48. The predicted octanol–water partition coefficient (Wildman–Crippen LogP) is 3.96. The van der Waals surface area contributed by atoms with Gasteiger partial charge in [-0.1, -0.05) is 6.07 Å². The molecule has 0 aliphatic rings. The Balaban J connectivity index is 2.80. The summed E-state index contributed by atoms with van der Waals surface area (Å²) in [6.45, 7) is 3.39. The van der Waals surface area contributed by atoms with E-state index >= 15 is 0 Å². The maximum atomic E-state index is 13.9. The van der Waals surface area contributed by atoms with Gasteiger partial charge in [-0.05, 0) is 36.9 Å². The third kappa shape index (κ3) is 1.84. The molecule has 2 aromatic carbocycles. The normalized spacial score (nSPS) is 10.9. The van der Waals surface area contributed by atoms with Crippen LogP contribution in [0, 0.1) is 24.4 Å². The summed E-state index contributed by atoms with van der Waals surface area (Å²) in [7, 11) is 0. The lowest BCUT2D eigenvalue weighted by atomic mass is 10.1. The molecule has 0 aliphatic carbocycles. The first-order valence-electron chi connectivity index (χ1n) is 5.25. The van der Waals surface area contributed by atoms with Gasteiger partial charge in [0.05, 0.1) is 12.0 Å². The fourth-order valence-electron chi connectivity index (χ4n) is 1.76. The Labute approximate surface area is 96.8 Å². The highest BCUT2D eigenvalue weighted by atomic mass is 19.2. The van der Waals surface area contributed by atoms with E-state index in [9.17, 15) is 13.2 Å². The fourth-order valence-corrected chi connectivity index (χ4v) is 1.76. The largest absolute Gasteiger partial charge is 0.491 e. The van der Waals surface area contributed by atoms with Crippen LogP contribution in [0.4, 0.5) is 13.2 Å². The first kappa shape index (κ1) is 11.8. The van der Waals surface area contributed by atoms with E-state index in [2.05, 4.69) is 0 Å². The molecule has 2 rings (SSSR count). The highest BCUT2D eigenvalue weighted by Crippen LogP contribution is 2.31. The molecule has 90 valence electrons. The number of fused-ring (bicyclic) bond motifs is 1. The van der Waals surface area contributed by atoms with Gasteiger partial charge in [0, 0.05) is 0 Å². The molecular weight excluding hydrogens is 229 g/mol. The van der Waals surface area contributed by atoms with Crippen molar-refractivity contribution < 1.29 is 17.9 Å². The zero-order valence-electron chi connectivity index (χ0n) is 9.48. The fraction of sp³-hybridized carbons (Fsp3) is 0.231. The number of hydrogen-bond donors (Lipinski definition) is 0. The Morgan fingerprint density at radius 3 is 2.41 bits per heavy atom. The molecule has 17 heavy (non-hydrogen) atoms. The topological polar surface area (TPSA) is 9.23 Å². The van der Waals surface area contributed by atoms with Crippen LogP contribution in [-0.2, 0) is 0 Å². The number of benzene rings is 2. The number of hydrogen-bond acceptors (Lipinski definition) is 1. The van der Waals surface area contributed by atoms with Gasteiger partial charge in [0.2, 0.25) is 0 Å². The van der Waals surface area contributed by atoms with Gasteiger partial charge in [-0.2, -0.15) is 0 Å². The van der Waals surface area contributed by atoms with Gasteiger partial charge in [0.15, 0.2) is 23.2 Å². The van der Waals surface area contributed by atoms with Crippen LogP contribution in [0.5, 0.6) is 5.75 Å². The number of rotatable bonds is 2. The summed E-state index contributed by atoms with van der Waals surface area (Å²) in [5, 5.41) is -0.0404. The second-order valence-corrected chi connectivity index (χ2v) is 3.73. The maximum Gasteiger partial charge on any atom is 0.175 e. The molecule has 0 heterocycles. The first-order chi connectivity index (χ1) is 8.06. The lowest BCUT2D eigenvalue weighted by molar-refractivity contribution is 0.322. The van der Waals surface area contributed by atoms with Crippen LogP contribution in [0.3, 0.4) is 0 Å². The van der Waals surface area contributed by atoms with Crippen molar-refractivity contribution in [2.75, 3.05) is 6.61 Å². The van der Waals surface area contributed by atoms with Gasteiger partial charge in [0.25, 0.3) is 0 Å². The molecule has 0 N–H and O–H groups in total. The molecule has 0 aromatic heterocycles. The molecule has 0 radical (unpaired) electrons. The molecule has 0 saturated heterocycles. The van der Waals surface area contributed by atoms with Crippen LogP contribution in [-0.4, -0.2) is 6.61 Å². The third-order valence-corrected chi connectivity index (χ3v) is 2.57. The van der Waals surface area contributed by atoms with E-state index in [0.717, 1.165) is 0 Å². The van der Waals surface area contributed by atoms with Gasteiger partial charge in [-0.15, -0.1) is 0 Å². The molecule has 0 atom stereocenters. The minimum absolute atomic E-state index is 0.0675. The lowest BCUT2D eigenvalue weighted by Crippen LogP contribution is -1.98. The van der Waals surface area contributed by atoms with Crippen molar-refractivity contribution in [1.29, 1.82) is 0 Å². The predicted molar refractivity (Wildman–Crippen MR) is 59.7 cm³/mol. The monoisotopic (exact) mass is 240 g/mol.